The number of benzene rings is 3. The summed E-state index contributed by atoms with van der Waals surface area (Å²) in [5, 5.41) is 0. The third kappa shape index (κ3) is 8.32. The first-order chi connectivity index (χ1) is 20.2. The van der Waals surface area contributed by atoms with Crippen molar-refractivity contribution in [1.82, 2.24) is 9.80 Å². The van der Waals surface area contributed by atoms with Crippen LogP contribution in [0.5, 0.6) is 0 Å². The van der Waals surface area contributed by atoms with Gasteiger partial charge in [0.05, 0.1) is 11.1 Å². The lowest BCUT2D eigenvalue weighted by Crippen LogP contribution is -2.50. The Morgan fingerprint density at radius 3 is 1.53 bits per heavy atom. The third-order valence-electron chi connectivity index (χ3n) is 7.43. The van der Waals surface area contributed by atoms with Gasteiger partial charge in [-0.25, -0.2) is 8.78 Å². The molecule has 4 rings (SSSR count). The van der Waals surface area contributed by atoms with Crippen molar-refractivity contribution in [1.29, 1.82) is 0 Å². The molecule has 0 aliphatic carbocycles. The van der Waals surface area contributed by atoms with E-state index in [1.54, 1.807) is 24.3 Å². The summed E-state index contributed by atoms with van der Waals surface area (Å²) in [6, 6.07) is 12.8. The second kappa shape index (κ2) is 13.1. The summed E-state index contributed by atoms with van der Waals surface area (Å²) >= 11 is 0. The van der Waals surface area contributed by atoms with E-state index in [9.17, 15) is 44.7 Å². The summed E-state index contributed by atoms with van der Waals surface area (Å²) in [4.78, 5) is 28.3. The van der Waals surface area contributed by atoms with Gasteiger partial charge < -0.3 is 9.80 Å². The highest BCUT2D eigenvalue weighted by Crippen LogP contribution is 2.37. The second-order valence-electron chi connectivity index (χ2n) is 10.4. The van der Waals surface area contributed by atoms with E-state index < -0.39 is 35.0 Å². The van der Waals surface area contributed by atoms with Crippen LogP contribution in [-0.4, -0.2) is 47.8 Å². The zero-order valence-electron chi connectivity index (χ0n) is 22.8. The number of unbranched alkanes of at least 4 members (excludes halogenated alkanes) is 1. The molecule has 3 aromatic rings. The first kappa shape index (κ1) is 32.0. The number of carbonyl (C=O) groups is 2. The molecule has 0 radical (unpaired) electrons. The number of carbonyl (C=O) groups excluding carboxylic acids is 2. The van der Waals surface area contributed by atoms with Crippen molar-refractivity contribution in [2.24, 2.45) is 0 Å². The molecule has 0 bridgehead atoms. The maximum Gasteiger partial charge on any atom is 0.416 e. The molecule has 4 nitrogen and oxygen atoms in total. The smallest absolute Gasteiger partial charge is 0.339 e. The molecule has 1 fully saturated rings. The number of piperazine rings is 1. The van der Waals surface area contributed by atoms with E-state index in [0.29, 0.717) is 31.4 Å². The zero-order valence-corrected chi connectivity index (χ0v) is 22.8. The van der Waals surface area contributed by atoms with E-state index >= 15 is 0 Å². The average molecular weight is 613 g/mol. The molecule has 1 saturated heterocycles. The highest BCUT2D eigenvalue weighted by atomic mass is 19.4. The Morgan fingerprint density at radius 1 is 0.651 bits per heavy atom. The molecule has 0 N–H and O–H groups in total. The molecule has 43 heavy (non-hydrogen) atoms. The summed E-state index contributed by atoms with van der Waals surface area (Å²) in [6.07, 6.45) is -8.19. The lowest BCUT2D eigenvalue weighted by molar-refractivity contribution is -0.143. The Hall–Kier alpha value is -3.96. The van der Waals surface area contributed by atoms with E-state index in [0.717, 1.165) is 16.0 Å². The van der Waals surface area contributed by atoms with Crippen LogP contribution in [-0.2, 0) is 17.1 Å². The highest BCUT2D eigenvalue weighted by Gasteiger charge is 2.38. The third-order valence-corrected chi connectivity index (χ3v) is 7.43. The van der Waals surface area contributed by atoms with Crippen LogP contribution in [0.4, 0.5) is 35.1 Å². The van der Waals surface area contributed by atoms with E-state index in [2.05, 4.69) is 0 Å². The number of hydrogen-bond acceptors (Lipinski definition) is 2. The molecule has 0 unspecified atom stereocenters. The van der Waals surface area contributed by atoms with E-state index in [1.165, 1.54) is 29.2 Å². The fourth-order valence-corrected chi connectivity index (χ4v) is 5.12. The van der Waals surface area contributed by atoms with Crippen molar-refractivity contribution in [3.63, 3.8) is 0 Å². The summed E-state index contributed by atoms with van der Waals surface area (Å²) in [6.45, 7) is 0.0889. The van der Waals surface area contributed by atoms with Gasteiger partial charge in [0.2, 0.25) is 5.91 Å². The first-order valence-electron chi connectivity index (χ1n) is 13.6. The monoisotopic (exact) mass is 612 g/mol. The maximum absolute atomic E-state index is 13.5. The minimum Gasteiger partial charge on any atom is -0.339 e. The Kier molecular flexibility index (Phi) is 9.76. The molecule has 1 aliphatic heterocycles. The topological polar surface area (TPSA) is 40.6 Å². The van der Waals surface area contributed by atoms with Crippen LogP contribution in [0.25, 0.3) is 0 Å². The zero-order chi connectivity index (χ0) is 31.4. The minimum atomic E-state index is -5.07. The normalized spacial score (nSPS) is 14.3. The quantitative estimate of drug-likeness (QED) is 0.194. The van der Waals surface area contributed by atoms with Crippen molar-refractivity contribution in [2.75, 3.05) is 26.2 Å². The molecule has 0 atom stereocenters. The maximum atomic E-state index is 13.5. The Bertz CT molecular complexity index is 1330. The average Bonchev–Trinajstić information content (AvgIpc) is 2.97. The van der Waals surface area contributed by atoms with E-state index in [1.807, 2.05) is 0 Å². The van der Waals surface area contributed by atoms with Gasteiger partial charge in [-0.2, -0.15) is 26.3 Å². The lowest BCUT2D eigenvalue weighted by atomic mass is 9.87. The summed E-state index contributed by atoms with van der Waals surface area (Å²) in [7, 11) is 0. The first-order valence-corrected chi connectivity index (χ1v) is 13.6. The number of nitrogens with zero attached hydrogens (tertiary/aromatic N) is 2. The van der Waals surface area contributed by atoms with E-state index in [-0.39, 0.29) is 62.1 Å². The number of rotatable bonds is 8. The Morgan fingerprint density at radius 2 is 1.09 bits per heavy atom. The van der Waals surface area contributed by atoms with Crippen LogP contribution in [0.1, 0.15) is 64.2 Å². The molecule has 12 heteroatoms. The Balaban J connectivity index is 1.31. The van der Waals surface area contributed by atoms with Gasteiger partial charge in [0.25, 0.3) is 5.91 Å². The molecule has 3 aromatic carbocycles. The van der Waals surface area contributed by atoms with Gasteiger partial charge in [-0.1, -0.05) is 30.7 Å². The van der Waals surface area contributed by atoms with Gasteiger partial charge in [0, 0.05) is 44.1 Å². The number of halogens is 8. The van der Waals surface area contributed by atoms with Gasteiger partial charge >= 0.3 is 12.4 Å². The predicted molar refractivity (Wildman–Crippen MR) is 142 cm³/mol. The second-order valence-corrected chi connectivity index (χ2v) is 10.4. The predicted octanol–water partition coefficient (Wildman–Crippen LogP) is 7.68. The van der Waals surface area contributed by atoms with Crippen molar-refractivity contribution in [3.8, 4) is 0 Å². The molecule has 2 amide bonds. The standard InChI is InChI=1S/C31H28F8N2O2/c32-25-9-5-20(6-10-25)27(21-7-11-26(33)12-8-21)3-1-2-4-28(42)40-13-15-41(16-14-40)29(43)22-17-23(30(34,35)36)19-24(18-22)31(37,38)39/h5-12,17-19,27H,1-4,13-16H2. The SMILES string of the molecule is O=C(CCCCC(c1ccc(F)cc1)c1ccc(F)cc1)N1CCN(C(=O)c2cc(C(F)(F)F)cc(C(F)(F)F)c2)CC1. The van der Waals surface area contributed by atoms with Gasteiger partial charge in [-0.3, -0.25) is 9.59 Å². The van der Waals surface area contributed by atoms with Crippen LogP contribution in [0.2, 0.25) is 0 Å². The Labute approximate surface area is 242 Å². The number of alkyl halides is 6. The highest BCUT2D eigenvalue weighted by molar-refractivity contribution is 5.95. The molecule has 1 heterocycles. The van der Waals surface area contributed by atoms with Gasteiger partial charge in [-0.05, 0) is 66.4 Å². The largest absolute Gasteiger partial charge is 0.416 e. The lowest BCUT2D eigenvalue weighted by Gasteiger charge is -2.35. The molecule has 1 aliphatic rings. The van der Waals surface area contributed by atoms with E-state index in [4.69, 9.17) is 0 Å². The van der Waals surface area contributed by atoms with Crippen molar-refractivity contribution in [3.05, 3.63) is 106 Å². The van der Waals surface area contributed by atoms with Crippen LogP contribution in [0.15, 0.2) is 66.7 Å². The molecule has 0 aromatic heterocycles. The van der Waals surface area contributed by atoms with Crippen LogP contribution < -0.4 is 0 Å². The fraction of sp³-hybridized carbons (Fsp3) is 0.355. The molecule has 0 spiro atoms. The fourth-order valence-electron chi connectivity index (χ4n) is 5.12. The number of hydrogen-bond donors (Lipinski definition) is 0. The van der Waals surface area contributed by atoms with Crippen LogP contribution in [0.3, 0.4) is 0 Å². The minimum absolute atomic E-state index is 0.0328. The van der Waals surface area contributed by atoms with Crippen LogP contribution >= 0.6 is 0 Å². The van der Waals surface area contributed by atoms with Gasteiger partial charge in [0.15, 0.2) is 0 Å². The molecule has 0 saturated carbocycles. The van der Waals surface area contributed by atoms with Crippen molar-refractivity contribution < 1.29 is 44.7 Å². The molecule has 230 valence electrons. The van der Waals surface area contributed by atoms with Crippen LogP contribution in [0, 0.1) is 11.6 Å². The molecular weight excluding hydrogens is 584 g/mol. The summed E-state index contributed by atoms with van der Waals surface area (Å²) in [5.74, 6) is -2.06. The summed E-state index contributed by atoms with van der Waals surface area (Å²) < 4.78 is 106. The van der Waals surface area contributed by atoms with Gasteiger partial charge in [-0.15, -0.1) is 0 Å². The molecular formula is C31H28F8N2O2. The summed E-state index contributed by atoms with van der Waals surface area (Å²) in [5.41, 5.74) is -2.16. The number of amides is 2. The van der Waals surface area contributed by atoms with Gasteiger partial charge in [0.1, 0.15) is 11.6 Å². The van der Waals surface area contributed by atoms with Crippen molar-refractivity contribution >= 4 is 11.8 Å². The van der Waals surface area contributed by atoms with Crippen molar-refractivity contribution in [2.45, 2.75) is 44.0 Å².